The highest BCUT2D eigenvalue weighted by atomic mass is 35.5. The molecule has 1 heterocycles. The van der Waals surface area contributed by atoms with Gasteiger partial charge in [0.05, 0.1) is 41.0 Å². The number of nitrogens with one attached hydrogen (secondary N) is 3. The molecule has 0 aromatic heterocycles. The number of esters is 2. The van der Waals surface area contributed by atoms with E-state index in [-0.39, 0.29) is 13.2 Å². The number of anilines is 2. The number of ether oxygens (including phenoxy) is 2. The van der Waals surface area contributed by atoms with E-state index in [0.29, 0.717) is 49.5 Å². The number of carbonyl (C=O) groups is 3. The Hall–Kier alpha value is -3.49. The molecule has 1 aliphatic heterocycles. The fourth-order valence-electron chi connectivity index (χ4n) is 3.92. The zero-order valence-corrected chi connectivity index (χ0v) is 21.8. The van der Waals surface area contributed by atoms with E-state index in [1.165, 1.54) is 0 Å². The van der Waals surface area contributed by atoms with Gasteiger partial charge in [0.2, 0.25) is 0 Å². The minimum absolute atomic E-state index is 0.189. The number of rotatable bonds is 7. The Morgan fingerprint density at radius 2 is 1.42 bits per heavy atom. The Morgan fingerprint density at radius 1 is 0.861 bits per heavy atom. The summed E-state index contributed by atoms with van der Waals surface area (Å²) in [6.45, 7) is 7.32. The van der Waals surface area contributed by atoms with Gasteiger partial charge in [-0.25, -0.2) is 14.4 Å². The second-order valence-corrected chi connectivity index (χ2v) is 8.75. The van der Waals surface area contributed by atoms with Crippen molar-refractivity contribution in [1.29, 1.82) is 0 Å². The van der Waals surface area contributed by atoms with Crippen LogP contribution in [0, 0.1) is 0 Å². The van der Waals surface area contributed by atoms with Crippen molar-refractivity contribution in [1.82, 2.24) is 5.32 Å². The quantitative estimate of drug-likeness (QED) is 0.378. The molecular weight excluding hydrogens is 505 g/mol. The van der Waals surface area contributed by atoms with Gasteiger partial charge in [0.25, 0.3) is 0 Å². The molecular formula is C26H27Cl2N3O5. The van der Waals surface area contributed by atoms with E-state index in [4.69, 9.17) is 32.7 Å². The van der Waals surface area contributed by atoms with E-state index in [0.717, 1.165) is 0 Å². The lowest BCUT2D eigenvalue weighted by atomic mass is 9.80. The number of hydrogen-bond donors (Lipinski definition) is 3. The van der Waals surface area contributed by atoms with Gasteiger partial charge in [-0.15, -0.1) is 0 Å². The average molecular weight is 532 g/mol. The molecule has 0 fully saturated rings. The molecule has 8 nitrogen and oxygen atoms in total. The largest absolute Gasteiger partial charge is 0.463 e. The second-order valence-electron chi connectivity index (χ2n) is 7.90. The number of benzene rings is 2. The SMILES string of the molecule is CCOC(=O)C1=C(C)NC(C)=C(C(=O)OCC)C1c1ccc(NC(=O)Nc2cc(Cl)ccc2Cl)cc1. The molecule has 1 aliphatic rings. The van der Waals surface area contributed by atoms with E-state index >= 15 is 0 Å². The van der Waals surface area contributed by atoms with Crippen LogP contribution in [0.1, 0.15) is 39.2 Å². The van der Waals surface area contributed by atoms with Gasteiger partial charge in [0.15, 0.2) is 0 Å². The zero-order chi connectivity index (χ0) is 26.4. The minimum atomic E-state index is -0.711. The maximum atomic E-state index is 12.9. The van der Waals surface area contributed by atoms with Crippen LogP contribution in [-0.4, -0.2) is 31.2 Å². The van der Waals surface area contributed by atoms with E-state index in [1.54, 1.807) is 70.2 Å². The van der Waals surface area contributed by atoms with Gasteiger partial charge in [-0.3, -0.25) is 0 Å². The molecule has 0 unspecified atom stereocenters. The topological polar surface area (TPSA) is 106 Å². The van der Waals surface area contributed by atoms with Crippen molar-refractivity contribution in [3.8, 4) is 0 Å². The third-order valence-electron chi connectivity index (χ3n) is 5.43. The summed E-state index contributed by atoms with van der Waals surface area (Å²) in [6.07, 6.45) is 0. The van der Waals surface area contributed by atoms with Crippen molar-refractivity contribution >= 4 is 52.5 Å². The van der Waals surface area contributed by atoms with Crippen LogP contribution < -0.4 is 16.0 Å². The number of hydrogen-bond acceptors (Lipinski definition) is 6. The summed E-state index contributed by atoms with van der Waals surface area (Å²) in [5.74, 6) is -1.76. The van der Waals surface area contributed by atoms with Gasteiger partial charge in [0.1, 0.15) is 0 Å². The molecule has 0 atom stereocenters. The fraction of sp³-hybridized carbons (Fsp3) is 0.269. The van der Waals surface area contributed by atoms with Gasteiger partial charge in [-0.1, -0.05) is 35.3 Å². The number of urea groups is 1. The van der Waals surface area contributed by atoms with Crippen LogP contribution in [0.15, 0.2) is 65.0 Å². The smallest absolute Gasteiger partial charge is 0.336 e. The molecule has 0 saturated carbocycles. The first-order valence-electron chi connectivity index (χ1n) is 11.3. The average Bonchev–Trinajstić information content (AvgIpc) is 2.81. The lowest BCUT2D eigenvalue weighted by molar-refractivity contribution is -0.139. The highest BCUT2D eigenvalue weighted by molar-refractivity contribution is 6.35. The number of allylic oxidation sites excluding steroid dienone is 2. The Morgan fingerprint density at radius 3 is 1.94 bits per heavy atom. The van der Waals surface area contributed by atoms with Crippen LogP contribution in [0.3, 0.4) is 0 Å². The Kier molecular flexibility index (Phi) is 9.01. The van der Waals surface area contributed by atoms with Crippen molar-refractivity contribution in [2.24, 2.45) is 0 Å². The van der Waals surface area contributed by atoms with Crippen molar-refractivity contribution in [2.75, 3.05) is 23.8 Å². The first kappa shape index (κ1) is 27.1. The summed E-state index contributed by atoms with van der Waals surface area (Å²) in [4.78, 5) is 38.2. The minimum Gasteiger partial charge on any atom is -0.463 e. The van der Waals surface area contributed by atoms with E-state index < -0.39 is 23.9 Å². The molecule has 3 N–H and O–H groups in total. The normalized spacial score (nSPS) is 13.7. The standard InChI is InChI=1S/C26H27Cl2N3O5/c1-5-35-24(32)21-14(3)29-15(4)22(25(33)36-6-2)23(21)16-7-10-18(11-8-16)30-26(34)31-20-13-17(27)9-12-19(20)28/h7-13,23,29H,5-6H2,1-4H3,(H2,30,31,34). The van der Waals surface area contributed by atoms with E-state index in [1.807, 2.05) is 0 Å². The molecule has 2 amide bonds. The number of amides is 2. The molecule has 0 saturated heterocycles. The van der Waals surface area contributed by atoms with E-state index in [2.05, 4.69) is 16.0 Å². The van der Waals surface area contributed by atoms with Gasteiger partial charge in [-0.2, -0.15) is 0 Å². The number of halogens is 2. The van der Waals surface area contributed by atoms with Crippen LogP contribution in [0.5, 0.6) is 0 Å². The Balaban J connectivity index is 1.90. The molecule has 2 aromatic carbocycles. The van der Waals surface area contributed by atoms with Crippen LogP contribution in [0.4, 0.5) is 16.2 Å². The van der Waals surface area contributed by atoms with Crippen LogP contribution in [0.2, 0.25) is 10.0 Å². The van der Waals surface area contributed by atoms with Crippen molar-refractivity contribution in [3.63, 3.8) is 0 Å². The van der Waals surface area contributed by atoms with Gasteiger partial charge >= 0.3 is 18.0 Å². The maximum Gasteiger partial charge on any atom is 0.336 e. The van der Waals surface area contributed by atoms with Crippen LogP contribution in [-0.2, 0) is 19.1 Å². The van der Waals surface area contributed by atoms with Gasteiger partial charge in [-0.05, 0) is 63.6 Å². The lowest BCUT2D eigenvalue weighted by Crippen LogP contribution is -2.32. The third kappa shape index (κ3) is 6.19. The summed E-state index contributed by atoms with van der Waals surface area (Å²) in [5.41, 5.74) is 3.32. The summed E-state index contributed by atoms with van der Waals surface area (Å²) < 4.78 is 10.6. The monoisotopic (exact) mass is 531 g/mol. The van der Waals surface area contributed by atoms with Crippen molar-refractivity contribution in [2.45, 2.75) is 33.6 Å². The highest BCUT2D eigenvalue weighted by Gasteiger charge is 2.37. The fourth-order valence-corrected chi connectivity index (χ4v) is 4.26. The molecule has 0 bridgehead atoms. The first-order chi connectivity index (χ1) is 17.2. The predicted octanol–water partition coefficient (Wildman–Crippen LogP) is 6.00. The first-order valence-corrected chi connectivity index (χ1v) is 12.1. The van der Waals surface area contributed by atoms with Crippen molar-refractivity contribution in [3.05, 3.63) is 80.6 Å². The van der Waals surface area contributed by atoms with E-state index in [9.17, 15) is 14.4 Å². The molecule has 0 aliphatic carbocycles. The summed E-state index contributed by atoms with van der Waals surface area (Å²) in [6, 6.07) is 11.0. The highest BCUT2D eigenvalue weighted by Crippen LogP contribution is 2.39. The molecule has 0 spiro atoms. The van der Waals surface area contributed by atoms with Gasteiger partial charge in [0, 0.05) is 22.1 Å². The Labute approximate surface area is 219 Å². The zero-order valence-electron chi connectivity index (χ0n) is 20.3. The summed E-state index contributed by atoms with van der Waals surface area (Å²) in [7, 11) is 0. The lowest BCUT2D eigenvalue weighted by Gasteiger charge is -2.30. The van der Waals surface area contributed by atoms with Crippen molar-refractivity contribution < 1.29 is 23.9 Å². The van der Waals surface area contributed by atoms with Crippen LogP contribution in [0.25, 0.3) is 0 Å². The third-order valence-corrected chi connectivity index (χ3v) is 5.99. The van der Waals surface area contributed by atoms with Crippen LogP contribution >= 0.6 is 23.2 Å². The molecule has 190 valence electrons. The maximum absolute atomic E-state index is 12.9. The Bertz CT molecular complexity index is 1200. The molecule has 2 aromatic rings. The number of dihydropyridines is 1. The molecule has 10 heteroatoms. The van der Waals surface area contributed by atoms with Gasteiger partial charge < -0.3 is 25.4 Å². The summed E-state index contributed by atoms with van der Waals surface area (Å²) >= 11 is 12.1. The predicted molar refractivity (Wildman–Crippen MR) is 140 cm³/mol. The summed E-state index contributed by atoms with van der Waals surface area (Å²) in [5, 5.41) is 9.25. The second kappa shape index (κ2) is 12.0. The molecule has 3 rings (SSSR count). The molecule has 36 heavy (non-hydrogen) atoms. The number of carbonyl (C=O) groups excluding carboxylic acids is 3. The molecule has 0 radical (unpaired) electrons.